The highest BCUT2D eigenvalue weighted by Crippen LogP contribution is 2.21. The molecule has 3 amide bonds. The molecule has 2 fully saturated rings. The van der Waals surface area contributed by atoms with Crippen molar-refractivity contribution in [3.63, 3.8) is 0 Å². The summed E-state index contributed by atoms with van der Waals surface area (Å²) < 4.78 is 0. The predicted molar refractivity (Wildman–Crippen MR) is 96.1 cm³/mol. The molecule has 8 nitrogen and oxygen atoms in total. The SMILES string of the molecule is Cc1ccc(C(=O)N2CCN(C(=O)N3CCCCC3)CC2)cc1[N+](=O)[O-]. The highest BCUT2D eigenvalue weighted by Gasteiger charge is 2.28. The zero-order chi connectivity index (χ0) is 18.7. The van der Waals surface area contributed by atoms with Gasteiger partial charge < -0.3 is 14.7 Å². The number of nitro benzene ring substituents is 1. The molecule has 0 N–H and O–H groups in total. The van der Waals surface area contributed by atoms with E-state index in [1.807, 2.05) is 4.90 Å². The van der Waals surface area contributed by atoms with Crippen LogP contribution in [0.15, 0.2) is 18.2 Å². The lowest BCUT2D eigenvalue weighted by atomic mass is 10.1. The van der Waals surface area contributed by atoms with Gasteiger partial charge in [0.15, 0.2) is 0 Å². The van der Waals surface area contributed by atoms with Crippen LogP contribution in [0.2, 0.25) is 0 Å². The zero-order valence-electron chi connectivity index (χ0n) is 15.0. The molecule has 0 radical (unpaired) electrons. The van der Waals surface area contributed by atoms with Gasteiger partial charge in [-0.1, -0.05) is 6.07 Å². The van der Waals surface area contributed by atoms with Gasteiger partial charge >= 0.3 is 6.03 Å². The first-order chi connectivity index (χ1) is 12.5. The summed E-state index contributed by atoms with van der Waals surface area (Å²) in [6.45, 7) is 5.15. The van der Waals surface area contributed by atoms with Crippen LogP contribution in [0.4, 0.5) is 10.5 Å². The minimum Gasteiger partial charge on any atom is -0.335 e. The van der Waals surface area contributed by atoms with Crippen molar-refractivity contribution >= 4 is 17.6 Å². The van der Waals surface area contributed by atoms with Crippen LogP contribution in [0.5, 0.6) is 0 Å². The van der Waals surface area contributed by atoms with Crippen molar-refractivity contribution < 1.29 is 14.5 Å². The van der Waals surface area contributed by atoms with Gasteiger partial charge in [-0.2, -0.15) is 0 Å². The topological polar surface area (TPSA) is 87.0 Å². The van der Waals surface area contributed by atoms with E-state index >= 15 is 0 Å². The summed E-state index contributed by atoms with van der Waals surface area (Å²) in [6.07, 6.45) is 3.28. The number of carbonyl (C=O) groups excluding carboxylic acids is 2. The van der Waals surface area contributed by atoms with Gasteiger partial charge in [-0.3, -0.25) is 14.9 Å². The van der Waals surface area contributed by atoms with Crippen LogP contribution >= 0.6 is 0 Å². The fourth-order valence-electron chi connectivity index (χ4n) is 3.51. The zero-order valence-corrected chi connectivity index (χ0v) is 15.0. The van der Waals surface area contributed by atoms with E-state index < -0.39 is 4.92 Å². The van der Waals surface area contributed by atoms with Crippen LogP contribution in [0.25, 0.3) is 0 Å². The van der Waals surface area contributed by atoms with Gasteiger partial charge in [-0.15, -0.1) is 0 Å². The number of nitro groups is 1. The number of nitrogens with zero attached hydrogens (tertiary/aromatic N) is 4. The number of carbonyl (C=O) groups is 2. The summed E-state index contributed by atoms with van der Waals surface area (Å²) in [5.41, 5.74) is 0.802. The fraction of sp³-hybridized carbons (Fsp3) is 0.556. The molecule has 1 aromatic carbocycles. The Morgan fingerprint density at radius 1 is 0.923 bits per heavy atom. The van der Waals surface area contributed by atoms with Crippen molar-refractivity contribution in [2.24, 2.45) is 0 Å². The molecular weight excluding hydrogens is 336 g/mol. The van der Waals surface area contributed by atoms with Gasteiger partial charge in [0, 0.05) is 56.5 Å². The second-order valence-electron chi connectivity index (χ2n) is 6.87. The number of hydrogen-bond donors (Lipinski definition) is 0. The maximum Gasteiger partial charge on any atom is 0.320 e. The molecule has 2 saturated heterocycles. The molecule has 2 aliphatic rings. The third-order valence-corrected chi connectivity index (χ3v) is 5.12. The minimum absolute atomic E-state index is 0.0465. The molecule has 2 heterocycles. The molecule has 0 unspecified atom stereocenters. The summed E-state index contributed by atoms with van der Waals surface area (Å²) in [7, 11) is 0. The summed E-state index contributed by atoms with van der Waals surface area (Å²) in [5, 5.41) is 11.1. The van der Waals surface area contributed by atoms with Gasteiger partial charge in [-0.25, -0.2) is 4.79 Å². The molecule has 0 atom stereocenters. The average Bonchev–Trinajstić information content (AvgIpc) is 2.68. The van der Waals surface area contributed by atoms with Crippen LogP contribution in [0, 0.1) is 17.0 Å². The van der Waals surface area contributed by atoms with E-state index in [1.54, 1.807) is 28.9 Å². The second kappa shape index (κ2) is 7.72. The summed E-state index contributed by atoms with van der Waals surface area (Å²) in [6, 6.07) is 4.61. The minimum atomic E-state index is -0.471. The number of hydrogen-bond acceptors (Lipinski definition) is 4. The monoisotopic (exact) mass is 360 g/mol. The highest BCUT2D eigenvalue weighted by molar-refractivity contribution is 5.95. The van der Waals surface area contributed by atoms with Gasteiger partial charge in [0.2, 0.25) is 0 Å². The first-order valence-electron chi connectivity index (χ1n) is 9.05. The molecule has 140 valence electrons. The number of piperidine rings is 1. The number of rotatable bonds is 2. The Bertz CT molecular complexity index is 707. The Morgan fingerprint density at radius 3 is 2.12 bits per heavy atom. The van der Waals surface area contributed by atoms with Crippen molar-refractivity contribution in [3.8, 4) is 0 Å². The van der Waals surface area contributed by atoms with Crippen LogP contribution in [0.3, 0.4) is 0 Å². The van der Waals surface area contributed by atoms with E-state index in [0.29, 0.717) is 37.3 Å². The molecule has 8 heteroatoms. The van der Waals surface area contributed by atoms with Gasteiger partial charge in [-0.05, 0) is 32.3 Å². The number of amides is 3. The lowest BCUT2D eigenvalue weighted by Gasteiger charge is -2.38. The van der Waals surface area contributed by atoms with Crippen molar-refractivity contribution in [3.05, 3.63) is 39.4 Å². The smallest absolute Gasteiger partial charge is 0.320 e. The quantitative estimate of drug-likeness (QED) is 0.598. The number of benzene rings is 1. The normalized spacial score (nSPS) is 18.0. The first-order valence-corrected chi connectivity index (χ1v) is 9.05. The number of likely N-dealkylation sites (tertiary alicyclic amines) is 1. The average molecular weight is 360 g/mol. The van der Waals surface area contributed by atoms with Crippen LogP contribution in [-0.2, 0) is 0 Å². The molecule has 1 aromatic rings. The van der Waals surface area contributed by atoms with Crippen LogP contribution in [0.1, 0.15) is 35.2 Å². The third kappa shape index (κ3) is 3.79. The molecule has 0 aromatic heterocycles. The van der Waals surface area contributed by atoms with Gasteiger partial charge in [0.1, 0.15) is 0 Å². The second-order valence-corrected chi connectivity index (χ2v) is 6.87. The molecule has 26 heavy (non-hydrogen) atoms. The number of urea groups is 1. The van der Waals surface area contributed by atoms with Gasteiger partial charge in [0.25, 0.3) is 11.6 Å². The van der Waals surface area contributed by atoms with E-state index in [4.69, 9.17) is 0 Å². The molecule has 0 saturated carbocycles. The van der Waals surface area contributed by atoms with E-state index in [-0.39, 0.29) is 17.6 Å². The Labute approximate surface area is 152 Å². The lowest BCUT2D eigenvalue weighted by molar-refractivity contribution is -0.385. The molecular formula is C18H24N4O4. The summed E-state index contributed by atoms with van der Waals surface area (Å²) >= 11 is 0. The van der Waals surface area contributed by atoms with Crippen molar-refractivity contribution in [1.82, 2.24) is 14.7 Å². The van der Waals surface area contributed by atoms with Crippen LogP contribution in [-0.4, -0.2) is 70.8 Å². The standard InChI is InChI=1S/C18H24N4O4/c1-14-5-6-15(13-16(14)22(25)26)17(23)19-9-11-21(12-10-19)18(24)20-7-3-2-4-8-20/h5-6,13H,2-4,7-12H2,1H3. The molecule has 2 aliphatic heterocycles. The summed E-state index contributed by atoms with van der Waals surface area (Å²) in [4.78, 5) is 41.1. The Hall–Kier alpha value is -2.64. The fourth-order valence-corrected chi connectivity index (χ4v) is 3.51. The number of piperazine rings is 1. The molecule has 0 bridgehead atoms. The highest BCUT2D eigenvalue weighted by atomic mass is 16.6. The Balaban J connectivity index is 1.61. The third-order valence-electron chi connectivity index (χ3n) is 5.12. The van der Waals surface area contributed by atoms with Crippen LogP contribution < -0.4 is 0 Å². The largest absolute Gasteiger partial charge is 0.335 e. The maximum absolute atomic E-state index is 12.7. The van der Waals surface area contributed by atoms with Gasteiger partial charge in [0.05, 0.1) is 4.92 Å². The molecule has 0 spiro atoms. The predicted octanol–water partition coefficient (Wildman–Crippen LogP) is 2.27. The van der Waals surface area contributed by atoms with Crippen molar-refractivity contribution in [2.45, 2.75) is 26.2 Å². The van der Waals surface area contributed by atoms with Crippen molar-refractivity contribution in [1.29, 1.82) is 0 Å². The summed E-state index contributed by atoms with van der Waals surface area (Å²) in [5.74, 6) is -0.224. The molecule has 3 rings (SSSR count). The van der Waals surface area contributed by atoms with E-state index in [9.17, 15) is 19.7 Å². The Kier molecular flexibility index (Phi) is 5.39. The Morgan fingerprint density at radius 2 is 1.50 bits per heavy atom. The van der Waals surface area contributed by atoms with E-state index in [0.717, 1.165) is 25.9 Å². The number of aryl methyl sites for hydroxylation is 1. The molecule has 0 aliphatic carbocycles. The van der Waals surface area contributed by atoms with Crippen molar-refractivity contribution in [2.75, 3.05) is 39.3 Å². The lowest BCUT2D eigenvalue weighted by Crippen LogP contribution is -2.54. The van der Waals surface area contributed by atoms with E-state index in [2.05, 4.69) is 0 Å². The maximum atomic E-state index is 12.7. The van der Waals surface area contributed by atoms with E-state index in [1.165, 1.54) is 12.5 Å². The first kappa shape index (κ1) is 18.2.